The Labute approximate surface area is 149 Å². The highest BCUT2D eigenvalue weighted by molar-refractivity contribution is 5.81. The van der Waals surface area contributed by atoms with Crippen LogP contribution in [-0.2, 0) is 22.7 Å². The van der Waals surface area contributed by atoms with Crippen molar-refractivity contribution in [2.45, 2.75) is 13.2 Å². The van der Waals surface area contributed by atoms with Crippen LogP contribution >= 0.6 is 0 Å². The first kappa shape index (κ1) is 17.6. The second-order valence-electron chi connectivity index (χ2n) is 5.64. The average molecular weight is 354 g/mol. The first-order valence-electron chi connectivity index (χ1n) is 7.93. The summed E-state index contributed by atoms with van der Waals surface area (Å²) in [4.78, 5) is 29.3. The first-order chi connectivity index (χ1) is 12.6. The van der Waals surface area contributed by atoms with Crippen LogP contribution in [0.15, 0.2) is 47.3 Å². The van der Waals surface area contributed by atoms with Crippen LogP contribution in [0, 0.1) is 0 Å². The Bertz CT molecular complexity index is 1010. The molecule has 1 heterocycles. The first-order valence-corrected chi connectivity index (χ1v) is 7.93. The van der Waals surface area contributed by atoms with E-state index in [2.05, 4.69) is 4.98 Å². The third-order valence-corrected chi connectivity index (χ3v) is 4.08. The molecule has 0 spiro atoms. The fourth-order valence-corrected chi connectivity index (χ4v) is 2.65. The number of methoxy groups -OCH3 is 2. The molecule has 0 bridgehead atoms. The number of aromatic nitrogens is 2. The van der Waals surface area contributed by atoms with Crippen molar-refractivity contribution in [1.82, 2.24) is 9.55 Å². The predicted molar refractivity (Wildman–Crippen MR) is 95.9 cm³/mol. The van der Waals surface area contributed by atoms with Crippen LogP contribution in [0.3, 0.4) is 0 Å². The Morgan fingerprint density at radius 3 is 2.50 bits per heavy atom. The number of esters is 1. The van der Waals surface area contributed by atoms with Crippen LogP contribution < -0.4 is 10.3 Å². The van der Waals surface area contributed by atoms with Crippen LogP contribution in [0.5, 0.6) is 5.75 Å². The van der Waals surface area contributed by atoms with Crippen molar-refractivity contribution in [3.05, 3.63) is 58.4 Å². The Kier molecular flexibility index (Phi) is 4.99. The Morgan fingerprint density at radius 2 is 1.88 bits per heavy atom. The van der Waals surface area contributed by atoms with Gasteiger partial charge < -0.3 is 14.6 Å². The van der Waals surface area contributed by atoms with Gasteiger partial charge in [-0.25, -0.2) is 4.98 Å². The molecule has 1 N–H and O–H groups in total. The Morgan fingerprint density at radius 1 is 1.15 bits per heavy atom. The molecule has 1 aromatic heterocycles. The summed E-state index contributed by atoms with van der Waals surface area (Å²) in [6.45, 7) is -0.318. The SMILES string of the molecule is COC(=O)Cn1c(=O)c(-c2ccc(CO)cc2)nc2ccc(OC)cc21. The molecule has 3 rings (SSSR count). The number of hydrogen-bond acceptors (Lipinski definition) is 6. The minimum atomic E-state index is -0.538. The molecule has 2 aromatic carbocycles. The normalized spacial score (nSPS) is 10.7. The number of hydrogen-bond donors (Lipinski definition) is 1. The fraction of sp³-hybridized carbons (Fsp3) is 0.211. The highest BCUT2D eigenvalue weighted by Gasteiger charge is 2.16. The van der Waals surface area contributed by atoms with Gasteiger partial charge in [0.2, 0.25) is 0 Å². The molecule has 0 atom stereocenters. The van der Waals surface area contributed by atoms with Crippen LogP contribution in [0.4, 0.5) is 0 Å². The zero-order valence-corrected chi connectivity index (χ0v) is 14.4. The molecule has 0 amide bonds. The van der Waals surface area contributed by atoms with Crippen molar-refractivity contribution in [2.75, 3.05) is 14.2 Å². The van der Waals surface area contributed by atoms with E-state index in [4.69, 9.17) is 9.47 Å². The quantitative estimate of drug-likeness (QED) is 0.702. The molecule has 0 radical (unpaired) electrons. The summed E-state index contributed by atoms with van der Waals surface area (Å²) < 4.78 is 11.2. The summed E-state index contributed by atoms with van der Waals surface area (Å²) in [5, 5.41) is 9.17. The van der Waals surface area contributed by atoms with Gasteiger partial charge in [-0.2, -0.15) is 0 Å². The van der Waals surface area contributed by atoms with Crippen molar-refractivity contribution in [3.8, 4) is 17.0 Å². The van der Waals surface area contributed by atoms with E-state index in [9.17, 15) is 14.7 Å². The zero-order chi connectivity index (χ0) is 18.7. The van der Waals surface area contributed by atoms with Gasteiger partial charge in [0.05, 0.1) is 31.9 Å². The summed E-state index contributed by atoms with van der Waals surface area (Å²) in [6.07, 6.45) is 0. The molecular formula is C19H18N2O5. The standard InChI is InChI=1S/C19H18N2O5/c1-25-14-7-8-15-16(9-14)21(10-17(23)26-2)19(24)18(20-15)13-5-3-12(11-22)4-6-13/h3-9,22H,10-11H2,1-2H3. The molecule has 0 aliphatic rings. The Balaban J connectivity index is 2.25. The van der Waals surface area contributed by atoms with E-state index in [1.165, 1.54) is 18.8 Å². The summed E-state index contributed by atoms with van der Waals surface area (Å²) in [7, 11) is 2.79. The summed E-state index contributed by atoms with van der Waals surface area (Å²) in [5.41, 5.74) is 2.17. The summed E-state index contributed by atoms with van der Waals surface area (Å²) in [5.74, 6) is 0.0152. The number of carbonyl (C=O) groups excluding carboxylic acids is 1. The molecule has 134 valence electrons. The highest BCUT2D eigenvalue weighted by atomic mass is 16.5. The second kappa shape index (κ2) is 7.37. The van der Waals surface area contributed by atoms with Gasteiger partial charge in [0, 0.05) is 11.6 Å². The smallest absolute Gasteiger partial charge is 0.325 e. The lowest BCUT2D eigenvalue weighted by atomic mass is 10.1. The van der Waals surface area contributed by atoms with E-state index in [0.29, 0.717) is 22.3 Å². The lowest BCUT2D eigenvalue weighted by Crippen LogP contribution is -2.27. The van der Waals surface area contributed by atoms with Crippen molar-refractivity contribution in [2.24, 2.45) is 0 Å². The minimum absolute atomic E-state index is 0.0855. The third-order valence-electron chi connectivity index (χ3n) is 4.08. The largest absolute Gasteiger partial charge is 0.497 e. The van der Waals surface area contributed by atoms with E-state index in [0.717, 1.165) is 5.56 Å². The number of benzene rings is 2. The van der Waals surface area contributed by atoms with Crippen LogP contribution in [0.1, 0.15) is 5.56 Å². The third kappa shape index (κ3) is 3.29. The van der Waals surface area contributed by atoms with Gasteiger partial charge in [-0.3, -0.25) is 14.2 Å². The molecular weight excluding hydrogens is 336 g/mol. The lowest BCUT2D eigenvalue weighted by Gasteiger charge is -2.12. The molecule has 0 saturated heterocycles. The molecule has 0 unspecified atom stereocenters. The number of ether oxygens (including phenoxy) is 2. The van der Waals surface area contributed by atoms with E-state index in [-0.39, 0.29) is 18.8 Å². The molecule has 7 nitrogen and oxygen atoms in total. The van der Waals surface area contributed by atoms with Gasteiger partial charge in [-0.1, -0.05) is 24.3 Å². The second-order valence-corrected chi connectivity index (χ2v) is 5.64. The van der Waals surface area contributed by atoms with Crippen LogP contribution in [0.2, 0.25) is 0 Å². The van der Waals surface area contributed by atoms with Gasteiger partial charge in [0.1, 0.15) is 18.0 Å². The maximum Gasteiger partial charge on any atom is 0.325 e. The molecule has 0 aliphatic heterocycles. The minimum Gasteiger partial charge on any atom is -0.497 e. The van der Waals surface area contributed by atoms with Gasteiger partial charge in [0.15, 0.2) is 0 Å². The number of rotatable bonds is 5. The van der Waals surface area contributed by atoms with Gasteiger partial charge >= 0.3 is 5.97 Å². The van der Waals surface area contributed by atoms with Gasteiger partial charge in [0.25, 0.3) is 5.56 Å². The van der Waals surface area contributed by atoms with Crippen molar-refractivity contribution < 1.29 is 19.4 Å². The Hall–Kier alpha value is -3.19. The fourth-order valence-electron chi connectivity index (χ4n) is 2.65. The molecule has 7 heteroatoms. The average Bonchev–Trinajstić information content (AvgIpc) is 2.69. The molecule has 0 fully saturated rings. The number of aliphatic hydroxyl groups is 1. The van der Waals surface area contributed by atoms with Gasteiger partial charge in [-0.05, 0) is 17.7 Å². The molecule has 0 saturated carbocycles. The van der Waals surface area contributed by atoms with E-state index in [1.54, 1.807) is 42.5 Å². The van der Waals surface area contributed by atoms with Crippen LogP contribution in [-0.4, -0.2) is 34.8 Å². The topological polar surface area (TPSA) is 90.7 Å². The highest BCUT2D eigenvalue weighted by Crippen LogP contribution is 2.22. The number of aliphatic hydroxyl groups excluding tert-OH is 1. The number of carbonyl (C=O) groups is 1. The van der Waals surface area contributed by atoms with E-state index in [1.807, 2.05) is 0 Å². The zero-order valence-electron chi connectivity index (χ0n) is 14.4. The number of nitrogens with zero attached hydrogens (tertiary/aromatic N) is 2. The predicted octanol–water partition coefficient (Wildman–Crippen LogP) is 1.74. The number of fused-ring (bicyclic) bond motifs is 1. The monoisotopic (exact) mass is 354 g/mol. The summed E-state index contributed by atoms with van der Waals surface area (Å²) in [6, 6.07) is 12.0. The van der Waals surface area contributed by atoms with Crippen molar-refractivity contribution >= 4 is 17.0 Å². The van der Waals surface area contributed by atoms with Gasteiger partial charge in [-0.15, -0.1) is 0 Å². The van der Waals surface area contributed by atoms with E-state index < -0.39 is 11.5 Å². The molecule has 26 heavy (non-hydrogen) atoms. The summed E-state index contributed by atoms with van der Waals surface area (Å²) >= 11 is 0. The molecule has 0 aliphatic carbocycles. The maximum atomic E-state index is 13.0. The van der Waals surface area contributed by atoms with Crippen molar-refractivity contribution in [1.29, 1.82) is 0 Å². The van der Waals surface area contributed by atoms with Crippen molar-refractivity contribution in [3.63, 3.8) is 0 Å². The maximum absolute atomic E-state index is 13.0. The molecule has 3 aromatic rings. The van der Waals surface area contributed by atoms with Crippen LogP contribution in [0.25, 0.3) is 22.3 Å². The lowest BCUT2D eigenvalue weighted by molar-refractivity contribution is -0.141. The van der Waals surface area contributed by atoms with E-state index >= 15 is 0 Å².